The van der Waals surface area contributed by atoms with Crippen LogP contribution in [0.3, 0.4) is 0 Å². The average Bonchev–Trinajstić information content (AvgIpc) is 2.85. The summed E-state index contributed by atoms with van der Waals surface area (Å²) in [6, 6.07) is 7.13. The number of carboxylic acids is 1. The number of aromatic nitrogens is 1. The largest absolute Gasteiger partial charge is 0.479 e. The second kappa shape index (κ2) is 5.86. The summed E-state index contributed by atoms with van der Waals surface area (Å²) in [6.07, 6.45) is 0.666. The molecule has 5 nitrogen and oxygen atoms in total. The van der Waals surface area contributed by atoms with E-state index in [1.54, 1.807) is 18.3 Å². The highest BCUT2D eigenvalue weighted by Gasteiger charge is 2.13. The number of carbonyl (C=O) groups is 1. The Morgan fingerprint density at radius 2 is 2.16 bits per heavy atom. The lowest BCUT2D eigenvalue weighted by molar-refractivity contribution is -0.150. The molecule has 1 aromatic carbocycles. The molecule has 0 amide bonds. The first-order chi connectivity index (χ1) is 9.06. The zero-order valence-electron chi connectivity index (χ0n) is 10.2. The third-order valence-corrected chi connectivity index (χ3v) is 2.74. The van der Waals surface area contributed by atoms with Crippen LogP contribution in [0.1, 0.15) is 12.8 Å². The minimum atomic E-state index is -1.02. The topological polar surface area (TPSA) is 72.6 Å². The van der Waals surface area contributed by atoms with E-state index in [1.165, 1.54) is 6.92 Å². The summed E-state index contributed by atoms with van der Waals surface area (Å²) < 4.78 is 10.5. The van der Waals surface area contributed by atoms with Crippen molar-refractivity contribution in [2.24, 2.45) is 0 Å². The van der Waals surface area contributed by atoms with Crippen LogP contribution in [0, 0.1) is 0 Å². The first kappa shape index (κ1) is 13.6. The number of aliphatic carboxylic acids is 1. The lowest BCUT2D eigenvalue weighted by atomic mass is 10.2. The second-order valence-corrected chi connectivity index (χ2v) is 4.35. The fourth-order valence-electron chi connectivity index (χ4n) is 1.39. The van der Waals surface area contributed by atoms with Crippen molar-refractivity contribution in [2.45, 2.75) is 19.6 Å². The smallest absolute Gasteiger partial charge is 0.332 e. The van der Waals surface area contributed by atoms with E-state index in [0.717, 1.165) is 5.56 Å². The minimum Gasteiger partial charge on any atom is -0.479 e. The molecule has 0 bridgehead atoms. The molecule has 0 fully saturated rings. The van der Waals surface area contributed by atoms with Crippen LogP contribution in [0.4, 0.5) is 0 Å². The number of nitrogens with zero attached hydrogens (tertiary/aromatic N) is 1. The lowest BCUT2D eigenvalue weighted by Crippen LogP contribution is -2.19. The van der Waals surface area contributed by atoms with Crippen LogP contribution in [0.5, 0.6) is 0 Å². The molecule has 0 saturated carbocycles. The summed E-state index contributed by atoms with van der Waals surface area (Å²) >= 11 is 5.80. The molecule has 1 aromatic heterocycles. The molecule has 0 spiro atoms. The maximum Gasteiger partial charge on any atom is 0.332 e. The van der Waals surface area contributed by atoms with Crippen molar-refractivity contribution in [2.75, 3.05) is 0 Å². The van der Waals surface area contributed by atoms with E-state index in [-0.39, 0.29) is 6.61 Å². The van der Waals surface area contributed by atoms with Gasteiger partial charge in [-0.05, 0) is 31.2 Å². The number of carboxylic acid groups (broad SMARTS) is 1. The van der Waals surface area contributed by atoms with E-state index in [2.05, 4.69) is 4.98 Å². The Morgan fingerprint density at radius 3 is 2.79 bits per heavy atom. The van der Waals surface area contributed by atoms with Crippen molar-refractivity contribution in [3.05, 3.63) is 41.4 Å². The molecule has 0 radical (unpaired) electrons. The van der Waals surface area contributed by atoms with E-state index < -0.39 is 12.1 Å². The van der Waals surface area contributed by atoms with Gasteiger partial charge in [0.15, 0.2) is 11.9 Å². The number of hydrogen-bond donors (Lipinski definition) is 1. The van der Waals surface area contributed by atoms with Crippen molar-refractivity contribution in [1.82, 2.24) is 4.98 Å². The molecule has 0 saturated heterocycles. The molecule has 19 heavy (non-hydrogen) atoms. The van der Waals surface area contributed by atoms with Gasteiger partial charge in [-0.25, -0.2) is 9.78 Å². The number of rotatable bonds is 5. The number of ether oxygens (including phenoxy) is 1. The van der Waals surface area contributed by atoms with Crippen LogP contribution in [0.25, 0.3) is 11.3 Å². The third kappa shape index (κ3) is 3.56. The van der Waals surface area contributed by atoms with E-state index in [1.807, 2.05) is 12.1 Å². The van der Waals surface area contributed by atoms with E-state index in [9.17, 15) is 4.79 Å². The normalized spacial score (nSPS) is 12.3. The van der Waals surface area contributed by atoms with Gasteiger partial charge < -0.3 is 14.3 Å². The van der Waals surface area contributed by atoms with Crippen molar-refractivity contribution in [3.63, 3.8) is 0 Å². The van der Waals surface area contributed by atoms with Gasteiger partial charge in [-0.3, -0.25) is 0 Å². The van der Waals surface area contributed by atoms with Crippen molar-refractivity contribution in [3.8, 4) is 11.3 Å². The highest BCUT2D eigenvalue weighted by molar-refractivity contribution is 6.30. The molecule has 100 valence electrons. The van der Waals surface area contributed by atoms with Crippen LogP contribution in [0.2, 0.25) is 5.02 Å². The van der Waals surface area contributed by atoms with Gasteiger partial charge in [0.25, 0.3) is 0 Å². The number of hydrogen-bond acceptors (Lipinski definition) is 4. The first-order valence-corrected chi connectivity index (χ1v) is 5.99. The van der Waals surface area contributed by atoms with Crippen LogP contribution in [-0.2, 0) is 16.1 Å². The average molecular weight is 282 g/mol. The molecule has 1 heterocycles. The van der Waals surface area contributed by atoms with Crippen molar-refractivity contribution in [1.29, 1.82) is 0 Å². The molecule has 0 aliphatic carbocycles. The van der Waals surface area contributed by atoms with Crippen LogP contribution < -0.4 is 0 Å². The number of halogens is 1. The predicted octanol–water partition coefficient (Wildman–Crippen LogP) is 2.98. The fourth-order valence-corrected chi connectivity index (χ4v) is 1.52. The van der Waals surface area contributed by atoms with Crippen LogP contribution in [0.15, 0.2) is 34.9 Å². The Hall–Kier alpha value is -1.85. The third-order valence-electron chi connectivity index (χ3n) is 2.49. The highest BCUT2D eigenvalue weighted by atomic mass is 35.5. The fraction of sp³-hybridized carbons (Fsp3) is 0.231. The molecule has 0 aliphatic heterocycles. The quantitative estimate of drug-likeness (QED) is 0.912. The Morgan fingerprint density at radius 1 is 1.47 bits per heavy atom. The van der Waals surface area contributed by atoms with Crippen LogP contribution >= 0.6 is 11.6 Å². The maximum atomic E-state index is 10.6. The Kier molecular flexibility index (Phi) is 4.19. The number of oxazole rings is 1. The molecule has 6 heteroatoms. The van der Waals surface area contributed by atoms with Crippen molar-refractivity contribution >= 4 is 17.6 Å². The Labute approximate surface area is 114 Å². The van der Waals surface area contributed by atoms with Gasteiger partial charge in [0.2, 0.25) is 5.89 Å². The Balaban J connectivity index is 2.03. The molecular weight excluding hydrogens is 270 g/mol. The monoisotopic (exact) mass is 281 g/mol. The minimum absolute atomic E-state index is 0.0149. The van der Waals surface area contributed by atoms with Gasteiger partial charge in [0.05, 0.1) is 6.20 Å². The van der Waals surface area contributed by atoms with Gasteiger partial charge in [-0.15, -0.1) is 0 Å². The first-order valence-electron chi connectivity index (χ1n) is 5.61. The molecule has 2 rings (SSSR count). The molecule has 0 unspecified atom stereocenters. The van der Waals surface area contributed by atoms with Crippen LogP contribution in [-0.4, -0.2) is 22.2 Å². The molecule has 2 aromatic rings. The molecular formula is C13H12ClNO4. The summed E-state index contributed by atoms with van der Waals surface area (Å²) in [7, 11) is 0. The van der Waals surface area contributed by atoms with Gasteiger partial charge in [-0.1, -0.05) is 11.6 Å². The zero-order chi connectivity index (χ0) is 13.8. The second-order valence-electron chi connectivity index (χ2n) is 3.92. The summed E-state index contributed by atoms with van der Waals surface area (Å²) in [5.41, 5.74) is 0.842. The predicted molar refractivity (Wildman–Crippen MR) is 68.8 cm³/mol. The SMILES string of the molecule is C[C@H](OCc1ncc(-c2ccc(Cl)cc2)o1)C(=O)O. The van der Waals surface area contributed by atoms with E-state index in [0.29, 0.717) is 16.7 Å². The zero-order valence-corrected chi connectivity index (χ0v) is 10.9. The molecule has 0 aliphatic rings. The molecule has 1 atom stereocenters. The van der Waals surface area contributed by atoms with E-state index >= 15 is 0 Å². The summed E-state index contributed by atoms with van der Waals surface area (Å²) in [4.78, 5) is 14.6. The number of benzene rings is 1. The van der Waals surface area contributed by atoms with E-state index in [4.69, 9.17) is 25.9 Å². The summed E-state index contributed by atoms with van der Waals surface area (Å²) in [5, 5.41) is 9.32. The van der Waals surface area contributed by atoms with Gasteiger partial charge in [-0.2, -0.15) is 0 Å². The summed E-state index contributed by atoms with van der Waals surface area (Å²) in [6.45, 7) is 1.46. The van der Waals surface area contributed by atoms with Gasteiger partial charge in [0, 0.05) is 10.6 Å². The maximum absolute atomic E-state index is 10.6. The Bertz CT molecular complexity index is 564. The standard InChI is InChI=1S/C13H12ClNO4/c1-8(13(16)17)18-7-12-15-6-11(19-12)9-2-4-10(14)5-3-9/h2-6,8H,7H2,1H3,(H,16,17)/t8-/m0/s1. The lowest BCUT2D eigenvalue weighted by Gasteiger charge is -2.05. The van der Waals surface area contributed by atoms with Gasteiger partial charge >= 0.3 is 5.97 Å². The molecule has 1 N–H and O–H groups in total. The van der Waals surface area contributed by atoms with Crippen molar-refractivity contribution < 1.29 is 19.1 Å². The van der Waals surface area contributed by atoms with Gasteiger partial charge in [0.1, 0.15) is 6.61 Å². The highest BCUT2D eigenvalue weighted by Crippen LogP contribution is 2.22. The summed E-state index contributed by atoms with van der Waals surface area (Å²) in [5.74, 6) is -0.110.